The maximum absolute atomic E-state index is 5.30. The van der Waals surface area contributed by atoms with Crippen molar-refractivity contribution in [2.75, 3.05) is 40.4 Å². The second-order valence-corrected chi connectivity index (χ2v) is 6.59. The van der Waals surface area contributed by atoms with Crippen molar-refractivity contribution >= 4 is 0 Å². The lowest BCUT2D eigenvalue weighted by atomic mass is 9.80. The molecule has 1 N–H and O–H groups in total. The molecule has 3 nitrogen and oxygen atoms in total. The first-order chi connectivity index (χ1) is 8.06. The Morgan fingerprint density at radius 3 is 2.18 bits per heavy atom. The monoisotopic (exact) mass is 240 g/mol. The Bertz CT molecular complexity index is 243. The van der Waals surface area contributed by atoms with E-state index < -0.39 is 0 Å². The summed E-state index contributed by atoms with van der Waals surface area (Å²) in [6, 6.07) is 0. The minimum atomic E-state index is 0.391. The van der Waals surface area contributed by atoms with Gasteiger partial charge >= 0.3 is 0 Å². The molecule has 2 rings (SSSR count). The van der Waals surface area contributed by atoms with E-state index in [0.717, 1.165) is 26.3 Å². The fraction of sp³-hybridized carbons (Fsp3) is 1.00. The molecule has 1 saturated heterocycles. The van der Waals surface area contributed by atoms with E-state index in [9.17, 15) is 0 Å². The Kier molecular flexibility index (Phi) is 4.11. The molecule has 3 heteroatoms. The molecule has 0 aromatic rings. The SMILES string of the molecule is CN(C)C1(CNCC2(C)COC2)CCCCC1. The van der Waals surface area contributed by atoms with Gasteiger partial charge in [-0.05, 0) is 26.9 Å². The topological polar surface area (TPSA) is 24.5 Å². The molecule has 17 heavy (non-hydrogen) atoms. The lowest BCUT2D eigenvalue weighted by molar-refractivity contribution is -0.100. The summed E-state index contributed by atoms with van der Waals surface area (Å²) in [5.74, 6) is 0. The molecule has 0 aromatic carbocycles. The molecule has 0 spiro atoms. The highest BCUT2D eigenvalue weighted by Crippen LogP contribution is 2.32. The molecule has 1 aliphatic heterocycles. The number of hydrogen-bond acceptors (Lipinski definition) is 3. The number of rotatable bonds is 5. The van der Waals surface area contributed by atoms with Gasteiger partial charge in [-0.15, -0.1) is 0 Å². The number of hydrogen-bond donors (Lipinski definition) is 1. The molecule has 2 fully saturated rings. The predicted octanol–water partition coefficient (Wildman–Crippen LogP) is 1.88. The Morgan fingerprint density at radius 2 is 1.71 bits per heavy atom. The number of nitrogens with zero attached hydrogens (tertiary/aromatic N) is 1. The molecule has 0 bridgehead atoms. The van der Waals surface area contributed by atoms with Crippen molar-refractivity contribution in [3.63, 3.8) is 0 Å². The van der Waals surface area contributed by atoms with E-state index in [2.05, 4.69) is 31.2 Å². The summed E-state index contributed by atoms with van der Waals surface area (Å²) in [4.78, 5) is 2.44. The largest absolute Gasteiger partial charge is 0.380 e. The zero-order valence-corrected chi connectivity index (χ0v) is 11.7. The molecular weight excluding hydrogens is 212 g/mol. The van der Waals surface area contributed by atoms with Crippen molar-refractivity contribution in [1.29, 1.82) is 0 Å². The Labute approximate surface area is 106 Å². The number of ether oxygens (including phenoxy) is 1. The molecule has 1 saturated carbocycles. The molecule has 0 unspecified atom stereocenters. The van der Waals surface area contributed by atoms with E-state index in [1.54, 1.807) is 0 Å². The summed E-state index contributed by atoms with van der Waals surface area (Å²) in [5.41, 5.74) is 0.793. The molecule has 0 amide bonds. The minimum Gasteiger partial charge on any atom is -0.380 e. The first kappa shape index (κ1) is 13.3. The fourth-order valence-electron chi connectivity index (χ4n) is 3.14. The van der Waals surface area contributed by atoms with Gasteiger partial charge < -0.3 is 15.0 Å². The van der Waals surface area contributed by atoms with Crippen LogP contribution in [0.4, 0.5) is 0 Å². The van der Waals surface area contributed by atoms with Crippen LogP contribution in [0.3, 0.4) is 0 Å². The predicted molar refractivity (Wildman–Crippen MR) is 71.3 cm³/mol. The third-order valence-electron chi connectivity index (χ3n) is 4.64. The summed E-state index contributed by atoms with van der Waals surface area (Å²) < 4.78 is 5.30. The van der Waals surface area contributed by atoms with Gasteiger partial charge in [0.05, 0.1) is 13.2 Å². The van der Waals surface area contributed by atoms with Crippen molar-refractivity contribution in [1.82, 2.24) is 10.2 Å². The minimum absolute atomic E-state index is 0.391. The van der Waals surface area contributed by atoms with Crippen molar-refractivity contribution in [3.05, 3.63) is 0 Å². The highest BCUT2D eigenvalue weighted by molar-refractivity contribution is 4.94. The third-order valence-corrected chi connectivity index (χ3v) is 4.64. The van der Waals surface area contributed by atoms with Crippen LogP contribution in [0.25, 0.3) is 0 Å². The Balaban J connectivity index is 1.81. The number of nitrogens with one attached hydrogen (secondary N) is 1. The quantitative estimate of drug-likeness (QED) is 0.794. The first-order valence-electron chi connectivity index (χ1n) is 7.02. The van der Waals surface area contributed by atoms with Gasteiger partial charge in [-0.25, -0.2) is 0 Å². The summed E-state index contributed by atoms with van der Waals surface area (Å²) >= 11 is 0. The maximum Gasteiger partial charge on any atom is 0.0554 e. The van der Waals surface area contributed by atoms with Crippen molar-refractivity contribution < 1.29 is 4.74 Å². The second kappa shape index (κ2) is 5.25. The van der Waals surface area contributed by atoms with E-state index in [4.69, 9.17) is 4.74 Å². The lowest BCUT2D eigenvalue weighted by Crippen LogP contribution is -2.56. The molecule has 2 aliphatic rings. The highest BCUT2D eigenvalue weighted by Gasteiger charge is 2.36. The standard InChI is InChI=1S/C14H28N2O/c1-13(11-17-12-13)9-15-10-14(16(2)3)7-5-4-6-8-14/h15H,4-12H2,1-3H3. The van der Waals surface area contributed by atoms with Crippen LogP contribution < -0.4 is 5.32 Å². The van der Waals surface area contributed by atoms with Gasteiger partial charge in [0.1, 0.15) is 0 Å². The maximum atomic E-state index is 5.30. The third kappa shape index (κ3) is 3.01. The fourth-order valence-corrected chi connectivity index (χ4v) is 3.14. The van der Waals surface area contributed by atoms with E-state index in [1.165, 1.54) is 32.1 Å². The van der Waals surface area contributed by atoms with Gasteiger partial charge in [-0.3, -0.25) is 0 Å². The van der Waals surface area contributed by atoms with Crippen LogP contribution in [0.15, 0.2) is 0 Å². The van der Waals surface area contributed by atoms with E-state index in [0.29, 0.717) is 11.0 Å². The molecular formula is C14H28N2O. The summed E-state index contributed by atoms with van der Waals surface area (Å²) in [7, 11) is 4.47. The zero-order valence-electron chi connectivity index (χ0n) is 11.7. The van der Waals surface area contributed by atoms with Gasteiger partial charge in [-0.1, -0.05) is 26.2 Å². The first-order valence-corrected chi connectivity index (χ1v) is 7.02. The molecule has 1 heterocycles. The number of likely N-dealkylation sites (N-methyl/N-ethyl adjacent to an activating group) is 1. The second-order valence-electron chi connectivity index (χ2n) is 6.59. The average molecular weight is 240 g/mol. The van der Waals surface area contributed by atoms with Crippen LogP contribution in [0, 0.1) is 5.41 Å². The molecule has 0 radical (unpaired) electrons. The summed E-state index contributed by atoms with van der Waals surface area (Å²) in [5, 5.41) is 3.70. The summed E-state index contributed by atoms with van der Waals surface area (Å²) in [6.45, 7) is 6.40. The highest BCUT2D eigenvalue weighted by atomic mass is 16.5. The van der Waals surface area contributed by atoms with E-state index in [1.807, 2.05) is 0 Å². The Hall–Kier alpha value is -0.120. The zero-order chi connectivity index (χ0) is 12.4. The molecule has 100 valence electrons. The molecule has 1 aliphatic carbocycles. The van der Waals surface area contributed by atoms with Crippen LogP contribution in [0.1, 0.15) is 39.0 Å². The molecule has 0 atom stereocenters. The van der Waals surface area contributed by atoms with Crippen LogP contribution >= 0.6 is 0 Å². The smallest absolute Gasteiger partial charge is 0.0554 e. The van der Waals surface area contributed by atoms with Crippen LogP contribution in [0.2, 0.25) is 0 Å². The van der Waals surface area contributed by atoms with Gasteiger partial charge in [0, 0.05) is 24.0 Å². The van der Waals surface area contributed by atoms with E-state index in [-0.39, 0.29) is 0 Å². The van der Waals surface area contributed by atoms with Gasteiger partial charge in [0.2, 0.25) is 0 Å². The van der Waals surface area contributed by atoms with Crippen molar-refractivity contribution in [2.45, 2.75) is 44.6 Å². The van der Waals surface area contributed by atoms with Crippen molar-refractivity contribution in [3.8, 4) is 0 Å². The van der Waals surface area contributed by atoms with Crippen LogP contribution in [-0.4, -0.2) is 50.8 Å². The van der Waals surface area contributed by atoms with E-state index >= 15 is 0 Å². The summed E-state index contributed by atoms with van der Waals surface area (Å²) in [6.07, 6.45) is 6.89. The average Bonchev–Trinajstić information content (AvgIpc) is 2.28. The van der Waals surface area contributed by atoms with Gasteiger partial charge in [-0.2, -0.15) is 0 Å². The van der Waals surface area contributed by atoms with Crippen LogP contribution in [0.5, 0.6) is 0 Å². The molecule has 0 aromatic heterocycles. The van der Waals surface area contributed by atoms with Gasteiger partial charge in [0.25, 0.3) is 0 Å². The van der Waals surface area contributed by atoms with Crippen LogP contribution in [-0.2, 0) is 4.74 Å². The lowest BCUT2D eigenvalue weighted by Gasteiger charge is -2.45. The van der Waals surface area contributed by atoms with Gasteiger partial charge in [0.15, 0.2) is 0 Å². The van der Waals surface area contributed by atoms with Crippen molar-refractivity contribution in [2.24, 2.45) is 5.41 Å². The normalized spacial score (nSPS) is 26.8. The Morgan fingerprint density at radius 1 is 1.06 bits per heavy atom.